The molecule has 0 unspecified atom stereocenters. The first-order valence-corrected chi connectivity index (χ1v) is 9.99. The summed E-state index contributed by atoms with van der Waals surface area (Å²) in [7, 11) is 4.31. The van der Waals surface area contributed by atoms with Crippen LogP contribution in [-0.4, -0.2) is 37.0 Å². The van der Waals surface area contributed by atoms with E-state index in [9.17, 15) is 0 Å². The predicted octanol–water partition coefficient (Wildman–Crippen LogP) is 5.01. The molecule has 26 heavy (non-hydrogen) atoms. The van der Waals surface area contributed by atoms with Crippen molar-refractivity contribution in [2.75, 3.05) is 27.2 Å². The van der Waals surface area contributed by atoms with Gasteiger partial charge in [-0.3, -0.25) is 4.90 Å². The Hall–Kier alpha value is -1.64. The number of benzene rings is 2. The van der Waals surface area contributed by atoms with Gasteiger partial charge in [-0.2, -0.15) is 0 Å². The van der Waals surface area contributed by atoms with E-state index >= 15 is 0 Å². The Kier molecular flexibility index (Phi) is 8.34. The maximum atomic E-state index is 2.59. The smallest absolute Gasteiger partial charge is 0.0240 e. The van der Waals surface area contributed by atoms with Crippen LogP contribution in [0.1, 0.15) is 43.0 Å². The molecule has 2 heteroatoms. The molecule has 0 aliphatic carbocycles. The molecule has 0 N–H and O–H groups in total. The summed E-state index contributed by atoms with van der Waals surface area (Å²) in [6, 6.07) is 18.0. The second-order valence-corrected chi connectivity index (χ2v) is 8.05. The minimum atomic E-state index is 0.700. The van der Waals surface area contributed by atoms with Gasteiger partial charge in [0.15, 0.2) is 0 Å². The second-order valence-electron chi connectivity index (χ2n) is 8.05. The molecule has 2 nitrogen and oxygen atoms in total. The van der Waals surface area contributed by atoms with Crippen LogP contribution in [0.2, 0.25) is 0 Å². The molecule has 0 heterocycles. The topological polar surface area (TPSA) is 6.48 Å². The maximum absolute atomic E-state index is 2.59. The predicted molar refractivity (Wildman–Crippen MR) is 113 cm³/mol. The van der Waals surface area contributed by atoms with Crippen molar-refractivity contribution in [3.8, 4) is 0 Å². The summed E-state index contributed by atoms with van der Waals surface area (Å²) >= 11 is 0. The maximum Gasteiger partial charge on any atom is 0.0240 e. The Morgan fingerprint density at radius 3 is 2.15 bits per heavy atom. The third-order valence-electron chi connectivity index (χ3n) is 4.80. The average molecular weight is 353 g/mol. The zero-order valence-electron chi connectivity index (χ0n) is 17.3. The summed E-state index contributed by atoms with van der Waals surface area (Å²) in [5.41, 5.74) is 5.82. The Balaban J connectivity index is 2.14. The highest BCUT2D eigenvalue weighted by Crippen LogP contribution is 2.16. The highest BCUT2D eigenvalue weighted by molar-refractivity contribution is 5.28. The van der Waals surface area contributed by atoms with Gasteiger partial charge in [0.25, 0.3) is 0 Å². The first-order chi connectivity index (χ1) is 12.5. The van der Waals surface area contributed by atoms with Crippen molar-refractivity contribution >= 4 is 0 Å². The zero-order chi connectivity index (χ0) is 18.9. The molecular weight excluding hydrogens is 316 g/mol. The fourth-order valence-electron chi connectivity index (χ4n) is 3.44. The fourth-order valence-corrected chi connectivity index (χ4v) is 3.44. The quantitative estimate of drug-likeness (QED) is 0.593. The molecular formula is C24H36N2. The Morgan fingerprint density at radius 2 is 1.50 bits per heavy atom. The lowest BCUT2D eigenvalue weighted by molar-refractivity contribution is 0.225. The molecule has 0 aromatic heterocycles. The highest BCUT2D eigenvalue weighted by Gasteiger charge is 2.11. The molecule has 0 bridgehead atoms. The third-order valence-corrected chi connectivity index (χ3v) is 4.80. The molecule has 0 aliphatic heterocycles. The molecule has 2 aromatic carbocycles. The molecule has 0 radical (unpaired) electrons. The number of hydrogen-bond donors (Lipinski definition) is 0. The van der Waals surface area contributed by atoms with E-state index in [2.05, 4.69) is 93.2 Å². The largest absolute Gasteiger partial charge is 0.308 e. The normalized spacial score (nSPS) is 11.7. The van der Waals surface area contributed by atoms with E-state index in [0.717, 1.165) is 39.0 Å². The summed E-state index contributed by atoms with van der Waals surface area (Å²) in [5, 5.41) is 0. The van der Waals surface area contributed by atoms with Gasteiger partial charge in [0.2, 0.25) is 0 Å². The van der Waals surface area contributed by atoms with Gasteiger partial charge in [-0.1, -0.05) is 69.3 Å². The van der Waals surface area contributed by atoms with Crippen molar-refractivity contribution in [3.63, 3.8) is 0 Å². The monoisotopic (exact) mass is 352 g/mol. The van der Waals surface area contributed by atoms with Gasteiger partial charge < -0.3 is 4.90 Å². The van der Waals surface area contributed by atoms with E-state index in [-0.39, 0.29) is 0 Å². The van der Waals surface area contributed by atoms with Crippen molar-refractivity contribution in [2.24, 2.45) is 5.92 Å². The van der Waals surface area contributed by atoms with Gasteiger partial charge in [-0.05, 0) is 55.1 Å². The lowest BCUT2D eigenvalue weighted by Gasteiger charge is -2.25. The average Bonchev–Trinajstić information content (AvgIpc) is 2.60. The summed E-state index contributed by atoms with van der Waals surface area (Å²) in [6.45, 7) is 11.0. The van der Waals surface area contributed by atoms with E-state index in [0.29, 0.717) is 5.92 Å². The minimum Gasteiger partial charge on any atom is -0.308 e. The minimum absolute atomic E-state index is 0.700. The Morgan fingerprint density at radius 1 is 0.808 bits per heavy atom. The van der Waals surface area contributed by atoms with Crippen molar-refractivity contribution < 1.29 is 0 Å². The standard InChI is InChI=1S/C24H36N2/c1-6-23-12-7-8-13-24(23)19-26(15-14-25(4)5)18-22-11-9-10-21(17-22)16-20(2)3/h7-13,17,20H,6,14-16,18-19H2,1-5H3. The van der Waals surface area contributed by atoms with E-state index < -0.39 is 0 Å². The molecule has 0 spiro atoms. The van der Waals surface area contributed by atoms with Crippen LogP contribution in [0, 0.1) is 5.92 Å². The lowest BCUT2D eigenvalue weighted by atomic mass is 10.0. The molecule has 0 amide bonds. The second kappa shape index (κ2) is 10.5. The SMILES string of the molecule is CCc1ccccc1CN(CCN(C)C)Cc1cccc(CC(C)C)c1. The molecule has 2 rings (SSSR count). The van der Waals surface area contributed by atoms with Crippen LogP contribution >= 0.6 is 0 Å². The van der Waals surface area contributed by atoms with Gasteiger partial charge in [-0.25, -0.2) is 0 Å². The van der Waals surface area contributed by atoms with Gasteiger partial charge in [0.05, 0.1) is 0 Å². The van der Waals surface area contributed by atoms with E-state index in [1.165, 1.54) is 22.3 Å². The summed E-state index contributed by atoms with van der Waals surface area (Å²) < 4.78 is 0. The summed E-state index contributed by atoms with van der Waals surface area (Å²) in [5.74, 6) is 0.700. The first-order valence-electron chi connectivity index (χ1n) is 9.99. The van der Waals surface area contributed by atoms with Crippen molar-refractivity contribution in [2.45, 2.75) is 46.7 Å². The van der Waals surface area contributed by atoms with Gasteiger partial charge >= 0.3 is 0 Å². The Bertz CT molecular complexity index is 661. The van der Waals surface area contributed by atoms with E-state index in [1.807, 2.05) is 0 Å². The van der Waals surface area contributed by atoms with Crippen LogP contribution < -0.4 is 0 Å². The van der Waals surface area contributed by atoms with Crippen molar-refractivity contribution in [1.29, 1.82) is 0 Å². The van der Waals surface area contributed by atoms with Crippen LogP contribution in [0.25, 0.3) is 0 Å². The van der Waals surface area contributed by atoms with E-state index in [4.69, 9.17) is 0 Å². The van der Waals surface area contributed by atoms with Gasteiger partial charge in [-0.15, -0.1) is 0 Å². The number of rotatable bonds is 10. The number of nitrogens with zero attached hydrogens (tertiary/aromatic N) is 2. The van der Waals surface area contributed by atoms with Crippen LogP contribution in [0.4, 0.5) is 0 Å². The lowest BCUT2D eigenvalue weighted by Crippen LogP contribution is -2.31. The number of aryl methyl sites for hydroxylation is 1. The fraction of sp³-hybridized carbons (Fsp3) is 0.500. The highest BCUT2D eigenvalue weighted by atomic mass is 15.2. The number of hydrogen-bond acceptors (Lipinski definition) is 2. The van der Waals surface area contributed by atoms with Crippen LogP contribution in [0.3, 0.4) is 0 Å². The van der Waals surface area contributed by atoms with Crippen molar-refractivity contribution in [3.05, 3.63) is 70.8 Å². The number of likely N-dealkylation sites (N-methyl/N-ethyl adjacent to an activating group) is 1. The molecule has 0 fully saturated rings. The summed E-state index contributed by atoms with van der Waals surface area (Å²) in [6.07, 6.45) is 2.26. The van der Waals surface area contributed by atoms with Crippen molar-refractivity contribution in [1.82, 2.24) is 9.80 Å². The van der Waals surface area contributed by atoms with Gasteiger partial charge in [0, 0.05) is 26.2 Å². The van der Waals surface area contributed by atoms with Gasteiger partial charge in [0.1, 0.15) is 0 Å². The van der Waals surface area contributed by atoms with Crippen LogP contribution in [0.5, 0.6) is 0 Å². The molecule has 0 aliphatic rings. The molecule has 142 valence electrons. The molecule has 0 saturated carbocycles. The van der Waals surface area contributed by atoms with Crippen LogP contribution in [-0.2, 0) is 25.9 Å². The molecule has 0 saturated heterocycles. The van der Waals surface area contributed by atoms with Crippen LogP contribution in [0.15, 0.2) is 48.5 Å². The Labute approximate surface area is 160 Å². The summed E-state index contributed by atoms with van der Waals surface area (Å²) in [4.78, 5) is 4.86. The molecule has 2 aromatic rings. The first kappa shape index (κ1) is 20.7. The molecule has 0 atom stereocenters. The third kappa shape index (κ3) is 6.93. The zero-order valence-corrected chi connectivity index (χ0v) is 17.3. The van der Waals surface area contributed by atoms with E-state index in [1.54, 1.807) is 0 Å².